The van der Waals surface area contributed by atoms with Crippen molar-refractivity contribution in [3.05, 3.63) is 0 Å². The van der Waals surface area contributed by atoms with Crippen LogP contribution in [0.4, 0.5) is 0 Å². The average Bonchev–Trinajstić information content (AvgIpc) is 1.50. The van der Waals surface area contributed by atoms with Crippen LogP contribution in [-0.4, -0.2) is 78.0 Å². The van der Waals surface area contributed by atoms with Crippen molar-refractivity contribution in [3.8, 4) is 0 Å². The summed E-state index contributed by atoms with van der Waals surface area (Å²) in [5, 5.41) is 0. The van der Waals surface area contributed by atoms with Gasteiger partial charge in [-0.3, -0.25) is 0 Å². The molecular formula is H4AlCaGaO3. The van der Waals surface area contributed by atoms with Crippen LogP contribution < -0.4 is 0 Å². The Hall–Kier alpha value is 1.99. The molecule has 0 spiro atoms. The molecule has 6 heteroatoms. The van der Waals surface area contributed by atoms with Crippen LogP contribution in [0, 0.1) is 0 Å². The van der Waals surface area contributed by atoms with Gasteiger partial charge in [0.15, 0.2) is 0 Å². The van der Waals surface area contributed by atoms with E-state index in [0.717, 1.165) is 0 Å². The SMILES string of the molecule is [CaH+].[OH-].[O]=[AlH].[O]=[GaH]. The molecule has 0 radical (unpaired) electrons. The van der Waals surface area contributed by atoms with Crippen LogP contribution in [0.1, 0.15) is 0 Å². The van der Waals surface area contributed by atoms with Gasteiger partial charge < -0.3 is 5.48 Å². The zero-order chi connectivity index (χ0) is 4.00. The number of hydrogen-bond donors (Lipinski definition) is 0. The van der Waals surface area contributed by atoms with Crippen LogP contribution in [0.25, 0.3) is 0 Å². The molecule has 0 saturated heterocycles. The second kappa shape index (κ2) is 63.4. The first-order chi connectivity index (χ1) is 2.00. The molecule has 6 heavy (non-hydrogen) atoms. The minimum absolute atomic E-state index is 0. The third-order valence-corrected chi connectivity index (χ3v) is 0. The van der Waals surface area contributed by atoms with Gasteiger partial charge in [-0.1, -0.05) is 0 Å². The van der Waals surface area contributed by atoms with Crippen molar-refractivity contribution in [2.24, 2.45) is 0 Å². The summed E-state index contributed by atoms with van der Waals surface area (Å²) in [6.45, 7) is 0. The molecule has 0 amide bonds. The van der Waals surface area contributed by atoms with Gasteiger partial charge in [-0.15, -0.1) is 0 Å². The second-order valence-electron chi connectivity index (χ2n) is 0. The molecule has 0 heterocycles. The van der Waals surface area contributed by atoms with Crippen molar-refractivity contribution in [3.63, 3.8) is 0 Å². The van der Waals surface area contributed by atoms with E-state index in [1.54, 1.807) is 0 Å². The Labute approximate surface area is 84.0 Å². The molecular weight excluding hydrogens is 185 g/mol. The Morgan fingerprint density at radius 2 is 1.17 bits per heavy atom. The normalized spacial score (nSPS) is 1.00. The van der Waals surface area contributed by atoms with Crippen molar-refractivity contribution in [2.45, 2.75) is 0 Å². The third-order valence-electron chi connectivity index (χ3n) is 0. The molecule has 0 atom stereocenters. The van der Waals surface area contributed by atoms with Crippen molar-refractivity contribution in [1.29, 1.82) is 0 Å². The second-order valence-corrected chi connectivity index (χ2v) is 0. The van der Waals surface area contributed by atoms with Gasteiger partial charge >= 0.3 is 79.9 Å². The molecule has 0 bridgehead atoms. The summed E-state index contributed by atoms with van der Waals surface area (Å²) in [6, 6.07) is 0. The Bertz CT molecular complexity index is 12.8. The maximum atomic E-state index is 8.38. The van der Waals surface area contributed by atoms with E-state index in [1.807, 2.05) is 0 Å². The first kappa shape index (κ1) is 24.5. The first-order valence-corrected chi connectivity index (χ1v) is 2.37. The zero-order valence-electron chi connectivity index (χ0n) is 3.68. The van der Waals surface area contributed by atoms with Crippen molar-refractivity contribution in [2.75, 3.05) is 0 Å². The van der Waals surface area contributed by atoms with Gasteiger partial charge in [-0.05, 0) is 0 Å². The summed E-state index contributed by atoms with van der Waals surface area (Å²) in [5.41, 5.74) is 0. The van der Waals surface area contributed by atoms with Gasteiger partial charge in [0.25, 0.3) is 0 Å². The molecule has 0 aromatic rings. The molecule has 30 valence electrons. The molecule has 0 rings (SSSR count). The summed E-state index contributed by atoms with van der Waals surface area (Å²) >= 11 is 0.736. The predicted octanol–water partition coefficient (Wildman–Crippen LogP) is -2.36. The molecule has 0 aromatic heterocycles. The van der Waals surface area contributed by atoms with Crippen LogP contribution in [0.2, 0.25) is 0 Å². The van der Waals surface area contributed by atoms with E-state index in [2.05, 4.69) is 0 Å². The summed E-state index contributed by atoms with van der Waals surface area (Å²) in [6.07, 6.45) is 0. The van der Waals surface area contributed by atoms with Gasteiger partial charge in [0, 0.05) is 0 Å². The Kier molecular flexibility index (Phi) is 259. The van der Waals surface area contributed by atoms with E-state index in [1.165, 1.54) is 0 Å². The van der Waals surface area contributed by atoms with Crippen LogP contribution >= 0.6 is 0 Å². The number of hydrogen-bond acceptors (Lipinski definition) is 3. The van der Waals surface area contributed by atoms with E-state index in [9.17, 15) is 0 Å². The third kappa shape index (κ3) is 37.7. The number of rotatable bonds is 0. The summed E-state index contributed by atoms with van der Waals surface area (Å²) in [4.78, 5) is 0. The van der Waals surface area contributed by atoms with Gasteiger partial charge in [0.05, 0.1) is 0 Å². The van der Waals surface area contributed by atoms with E-state index >= 15 is 0 Å². The molecule has 1 N–H and O–H groups in total. The molecule has 3 nitrogen and oxygen atoms in total. The molecule has 0 aliphatic rings. The zero-order valence-corrected chi connectivity index (χ0v) is 11.2. The summed E-state index contributed by atoms with van der Waals surface area (Å²) < 4.78 is 16.7. The molecule has 0 saturated carbocycles. The Balaban J connectivity index is -0.00000000500. The summed E-state index contributed by atoms with van der Waals surface area (Å²) in [7, 11) is 0. The van der Waals surface area contributed by atoms with Crippen molar-refractivity contribution in [1.82, 2.24) is 0 Å². The van der Waals surface area contributed by atoms with Gasteiger partial charge in [0.2, 0.25) is 0 Å². The van der Waals surface area contributed by atoms with E-state index < -0.39 is 0 Å². The van der Waals surface area contributed by atoms with Crippen LogP contribution in [-0.2, 0) is 7.34 Å². The molecule has 0 unspecified atom stereocenters. The van der Waals surface area contributed by atoms with Crippen molar-refractivity contribution < 1.29 is 12.8 Å². The Morgan fingerprint density at radius 1 is 1.17 bits per heavy atom. The molecule has 0 aromatic carbocycles. The monoisotopic (exact) mass is 188 g/mol. The molecule has 0 fully saturated rings. The standard InChI is InChI=1S/Al.Ca.Ga.H2O.2O.3H/h;;;1H2;;;;;/q;+1;;;;;;;/p-1. The predicted molar refractivity (Wildman–Crippen MR) is 24.8 cm³/mol. The average molecular weight is 189 g/mol. The van der Waals surface area contributed by atoms with Gasteiger partial charge in [0.1, 0.15) is 0 Å². The topological polar surface area (TPSA) is 64.1 Å². The van der Waals surface area contributed by atoms with E-state index in [4.69, 9.17) is 7.34 Å². The Morgan fingerprint density at radius 3 is 1.17 bits per heavy atom. The first-order valence-electron chi connectivity index (χ1n) is 0.577. The fourth-order valence-corrected chi connectivity index (χ4v) is 0. The van der Waals surface area contributed by atoms with Crippen LogP contribution in [0.3, 0.4) is 0 Å². The molecule has 0 aliphatic carbocycles. The quantitative estimate of drug-likeness (QED) is 0.400. The minimum atomic E-state index is 0. The maximum absolute atomic E-state index is 8.38. The summed E-state index contributed by atoms with van der Waals surface area (Å²) in [5.74, 6) is 0. The van der Waals surface area contributed by atoms with E-state index in [-0.39, 0.29) is 61.8 Å². The van der Waals surface area contributed by atoms with Gasteiger partial charge in [-0.25, -0.2) is 0 Å². The molecule has 0 aliphatic heterocycles. The fourth-order valence-electron chi connectivity index (χ4n) is 0. The van der Waals surface area contributed by atoms with E-state index in [0.29, 0.717) is 16.2 Å². The van der Waals surface area contributed by atoms with Gasteiger partial charge in [-0.2, -0.15) is 0 Å². The van der Waals surface area contributed by atoms with Crippen LogP contribution in [0.15, 0.2) is 0 Å². The van der Waals surface area contributed by atoms with Crippen molar-refractivity contribution >= 4 is 72.5 Å². The van der Waals surface area contributed by atoms with Crippen LogP contribution in [0.5, 0.6) is 0 Å². The fraction of sp³-hybridized carbons (Fsp3) is 0.